The fourth-order valence-electron chi connectivity index (χ4n) is 1.58. The Kier molecular flexibility index (Phi) is 3.62. The van der Waals surface area contributed by atoms with E-state index in [1.54, 1.807) is 6.92 Å². The Bertz CT molecular complexity index is 472. The second-order valence-electron chi connectivity index (χ2n) is 3.59. The van der Waals surface area contributed by atoms with Gasteiger partial charge in [-0.2, -0.15) is 8.78 Å². The van der Waals surface area contributed by atoms with Crippen molar-refractivity contribution < 1.29 is 23.4 Å². The Morgan fingerprint density at radius 3 is 2.41 bits per heavy atom. The van der Waals surface area contributed by atoms with Gasteiger partial charge in [0.2, 0.25) is 0 Å². The lowest BCUT2D eigenvalue weighted by Crippen LogP contribution is -2.27. The summed E-state index contributed by atoms with van der Waals surface area (Å²) in [6.07, 6.45) is 0. The predicted molar refractivity (Wildman–Crippen MR) is 59.0 cm³/mol. The summed E-state index contributed by atoms with van der Waals surface area (Å²) < 4.78 is 31.9. The van der Waals surface area contributed by atoms with E-state index in [0.717, 1.165) is 0 Å². The van der Waals surface area contributed by atoms with Gasteiger partial charge in [-0.05, 0) is 31.0 Å². The van der Waals surface area contributed by atoms with E-state index in [9.17, 15) is 13.6 Å². The molecule has 1 aromatic carbocycles. The van der Waals surface area contributed by atoms with Gasteiger partial charge >= 0.3 is 11.9 Å². The first-order chi connectivity index (χ1) is 7.73. The highest BCUT2D eigenvalue weighted by Crippen LogP contribution is 2.41. The molecule has 6 heteroatoms. The molecular formula is C11H11ClF2O3. The van der Waals surface area contributed by atoms with Crippen LogP contribution in [0.3, 0.4) is 0 Å². The number of hydrogen-bond acceptors (Lipinski definition) is 2. The molecule has 0 bridgehead atoms. The molecule has 0 spiro atoms. The summed E-state index contributed by atoms with van der Waals surface area (Å²) >= 11 is 5.84. The SMILES string of the molecule is COc1cc(C)c(Cl)c(C)c1C(F)(F)C(=O)O. The molecule has 0 aliphatic carbocycles. The highest BCUT2D eigenvalue weighted by atomic mass is 35.5. The van der Waals surface area contributed by atoms with Gasteiger partial charge in [-0.25, -0.2) is 4.79 Å². The van der Waals surface area contributed by atoms with E-state index in [2.05, 4.69) is 0 Å². The number of carboxylic acid groups (broad SMARTS) is 1. The lowest BCUT2D eigenvalue weighted by molar-refractivity contribution is -0.166. The molecule has 0 radical (unpaired) electrons. The largest absolute Gasteiger partial charge is 0.496 e. The van der Waals surface area contributed by atoms with E-state index in [4.69, 9.17) is 21.4 Å². The van der Waals surface area contributed by atoms with Crippen molar-refractivity contribution in [3.8, 4) is 5.75 Å². The Labute approximate surface area is 102 Å². The first kappa shape index (κ1) is 13.7. The molecule has 0 atom stereocenters. The van der Waals surface area contributed by atoms with Crippen molar-refractivity contribution in [2.45, 2.75) is 19.8 Å². The van der Waals surface area contributed by atoms with Gasteiger partial charge in [-0.3, -0.25) is 0 Å². The number of ether oxygens (including phenoxy) is 1. The fourth-order valence-corrected chi connectivity index (χ4v) is 1.73. The molecule has 1 rings (SSSR count). The molecule has 0 heterocycles. The Morgan fingerprint density at radius 1 is 1.47 bits per heavy atom. The van der Waals surface area contributed by atoms with Crippen molar-refractivity contribution in [2.24, 2.45) is 0 Å². The molecule has 0 aromatic heterocycles. The number of aliphatic carboxylic acids is 1. The molecule has 0 aliphatic rings. The molecule has 94 valence electrons. The van der Waals surface area contributed by atoms with Gasteiger partial charge in [0.1, 0.15) is 5.75 Å². The zero-order valence-electron chi connectivity index (χ0n) is 9.47. The van der Waals surface area contributed by atoms with Crippen LogP contribution >= 0.6 is 11.6 Å². The maximum absolute atomic E-state index is 13.6. The average Bonchev–Trinajstić information content (AvgIpc) is 2.24. The first-order valence-electron chi connectivity index (χ1n) is 4.68. The van der Waals surface area contributed by atoms with Crippen molar-refractivity contribution in [2.75, 3.05) is 7.11 Å². The number of alkyl halides is 2. The predicted octanol–water partition coefficient (Wildman–Crippen LogP) is 3.14. The van der Waals surface area contributed by atoms with Gasteiger partial charge in [0, 0.05) is 5.02 Å². The van der Waals surface area contributed by atoms with E-state index >= 15 is 0 Å². The van der Waals surface area contributed by atoms with Crippen LogP contribution in [0.5, 0.6) is 5.75 Å². The van der Waals surface area contributed by atoms with Crippen LogP contribution < -0.4 is 4.74 Å². The van der Waals surface area contributed by atoms with E-state index in [1.165, 1.54) is 20.1 Å². The number of hydrogen-bond donors (Lipinski definition) is 1. The molecule has 1 aromatic rings. The van der Waals surface area contributed by atoms with Crippen LogP contribution in [0.2, 0.25) is 5.02 Å². The topological polar surface area (TPSA) is 46.5 Å². The number of rotatable bonds is 3. The average molecular weight is 265 g/mol. The van der Waals surface area contributed by atoms with Crippen LogP contribution in [0.15, 0.2) is 6.07 Å². The Hall–Kier alpha value is -1.36. The number of methoxy groups -OCH3 is 1. The lowest BCUT2D eigenvalue weighted by atomic mass is 9.98. The van der Waals surface area contributed by atoms with Crippen molar-refractivity contribution in [3.05, 3.63) is 27.8 Å². The van der Waals surface area contributed by atoms with Crippen LogP contribution in [0.25, 0.3) is 0 Å². The summed E-state index contributed by atoms with van der Waals surface area (Å²) in [7, 11) is 1.20. The molecule has 17 heavy (non-hydrogen) atoms. The van der Waals surface area contributed by atoms with Gasteiger partial charge < -0.3 is 9.84 Å². The number of carboxylic acids is 1. The maximum atomic E-state index is 13.6. The smallest absolute Gasteiger partial charge is 0.379 e. The summed E-state index contributed by atoms with van der Waals surface area (Å²) in [4.78, 5) is 10.6. The fraction of sp³-hybridized carbons (Fsp3) is 0.364. The van der Waals surface area contributed by atoms with Gasteiger partial charge in [-0.1, -0.05) is 11.6 Å². The van der Waals surface area contributed by atoms with Crippen LogP contribution in [-0.4, -0.2) is 18.2 Å². The van der Waals surface area contributed by atoms with E-state index < -0.39 is 17.5 Å². The summed E-state index contributed by atoms with van der Waals surface area (Å²) in [6.45, 7) is 2.96. The minimum Gasteiger partial charge on any atom is -0.496 e. The van der Waals surface area contributed by atoms with Gasteiger partial charge in [0.15, 0.2) is 0 Å². The molecule has 0 unspecified atom stereocenters. The van der Waals surface area contributed by atoms with E-state index in [1.807, 2.05) is 0 Å². The molecule has 0 saturated carbocycles. The van der Waals surface area contributed by atoms with Crippen molar-refractivity contribution in [1.82, 2.24) is 0 Å². The molecule has 1 N–H and O–H groups in total. The normalized spacial score (nSPS) is 11.4. The highest BCUT2D eigenvalue weighted by molar-refractivity contribution is 6.32. The standard InChI is InChI=1S/C11H11ClF2O3/c1-5-4-7(17-3)8(6(2)9(5)12)11(13,14)10(15)16/h4H,1-3H3,(H,15,16). The van der Waals surface area contributed by atoms with Crippen LogP contribution in [0.4, 0.5) is 8.78 Å². The van der Waals surface area contributed by atoms with Gasteiger partial charge in [0.25, 0.3) is 0 Å². The summed E-state index contributed by atoms with van der Waals surface area (Å²) in [6, 6.07) is 1.29. The Morgan fingerprint density at radius 2 is 2.00 bits per heavy atom. The Balaban J connectivity index is 3.63. The van der Waals surface area contributed by atoms with E-state index in [-0.39, 0.29) is 16.3 Å². The third-order valence-corrected chi connectivity index (χ3v) is 3.03. The van der Waals surface area contributed by atoms with Crippen LogP contribution in [0.1, 0.15) is 16.7 Å². The van der Waals surface area contributed by atoms with Gasteiger partial charge in [0.05, 0.1) is 12.7 Å². The monoisotopic (exact) mass is 264 g/mol. The molecule has 0 aliphatic heterocycles. The second kappa shape index (κ2) is 4.49. The van der Waals surface area contributed by atoms with E-state index in [0.29, 0.717) is 5.56 Å². The molecule has 0 amide bonds. The lowest BCUT2D eigenvalue weighted by Gasteiger charge is -2.19. The summed E-state index contributed by atoms with van der Waals surface area (Å²) in [5.74, 6) is -6.46. The summed E-state index contributed by atoms with van der Waals surface area (Å²) in [5.41, 5.74) is -0.148. The summed E-state index contributed by atoms with van der Waals surface area (Å²) in [5, 5.41) is 8.66. The molecule has 0 saturated heterocycles. The van der Waals surface area contributed by atoms with Crippen LogP contribution in [-0.2, 0) is 10.7 Å². The van der Waals surface area contributed by atoms with Crippen LogP contribution in [0, 0.1) is 13.8 Å². The first-order valence-corrected chi connectivity index (χ1v) is 5.06. The number of benzene rings is 1. The highest BCUT2D eigenvalue weighted by Gasteiger charge is 2.45. The zero-order valence-corrected chi connectivity index (χ0v) is 10.2. The molecule has 0 fully saturated rings. The van der Waals surface area contributed by atoms with Crippen molar-refractivity contribution in [1.29, 1.82) is 0 Å². The molecular weight excluding hydrogens is 254 g/mol. The molecule has 3 nitrogen and oxygen atoms in total. The number of halogens is 3. The third kappa shape index (κ3) is 2.20. The maximum Gasteiger partial charge on any atom is 0.379 e. The number of carbonyl (C=O) groups is 1. The quantitative estimate of drug-likeness (QED) is 0.912. The minimum absolute atomic E-state index is 0.0101. The van der Waals surface area contributed by atoms with Crippen molar-refractivity contribution in [3.63, 3.8) is 0 Å². The van der Waals surface area contributed by atoms with Crippen molar-refractivity contribution >= 4 is 17.6 Å². The number of aryl methyl sites for hydroxylation is 1. The second-order valence-corrected chi connectivity index (χ2v) is 3.97. The minimum atomic E-state index is -4.03. The zero-order chi connectivity index (χ0) is 13.4. The van der Waals surface area contributed by atoms with Gasteiger partial charge in [-0.15, -0.1) is 0 Å². The third-order valence-electron chi connectivity index (χ3n) is 2.45.